The van der Waals surface area contributed by atoms with E-state index in [1.807, 2.05) is 12.1 Å². The molecule has 3 rings (SSSR count). The fourth-order valence-corrected chi connectivity index (χ4v) is 3.95. The molecule has 0 radical (unpaired) electrons. The first kappa shape index (κ1) is 19.6. The molecule has 0 spiro atoms. The number of ether oxygens (including phenoxy) is 1. The van der Waals surface area contributed by atoms with E-state index in [1.54, 1.807) is 7.11 Å². The number of anilines is 1. The van der Waals surface area contributed by atoms with Gasteiger partial charge in [0.2, 0.25) is 0 Å². The Bertz CT molecular complexity index is 749. The van der Waals surface area contributed by atoms with Gasteiger partial charge in [0.1, 0.15) is 5.75 Å². The summed E-state index contributed by atoms with van der Waals surface area (Å²) in [5.74, 6) is 0.888. The number of nitrogens with zero attached hydrogens (tertiary/aromatic N) is 1. The Hall–Kier alpha value is -2.11. The largest absolute Gasteiger partial charge is 0.497 e. The Morgan fingerprint density at radius 3 is 2.30 bits per heavy atom. The van der Waals surface area contributed by atoms with Crippen LogP contribution < -0.4 is 15.4 Å². The van der Waals surface area contributed by atoms with Crippen LogP contribution in [0.15, 0.2) is 42.5 Å². The van der Waals surface area contributed by atoms with E-state index in [2.05, 4.69) is 59.7 Å². The van der Waals surface area contributed by atoms with Crippen molar-refractivity contribution in [3.63, 3.8) is 0 Å². The zero-order chi connectivity index (χ0) is 19.2. The van der Waals surface area contributed by atoms with Gasteiger partial charge < -0.3 is 15.4 Å². The standard InChI is InChI=1S/C22H29N3OS/c1-16-12-17(2)14-19(13-16)24-22(27)23-15-21(25-10-4-5-11-25)18-6-8-20(26-3)9-7-18/h6-9,12-14,21H,4-5,10-11,15H2,1-3H3,(H2,23,24,27)/t21-/m1/s1. The number of aryl methyl sites for hydroxylation is 2. The fraction of sp³-hybridized carbons (Fsp3) is 0.409. The van der Waals surface area contributed by atoms with Crippen LogP contribution >= 0.6 is 12.2 Å². The maximum absolute atomic E-state index is 5.54. The molecule has 2 N–H and O–H groups in total. The maximum Gasteiger partial charge on any atom is 0.170 e. The summed E-state index contributed by atoms with van der Waals surface area (Å²) in [6, 6.07) is 15.1. The maximum atomic E-state index is 5.54. The normalized spacial score (nSPS) is 15.4. The zero-order valence-corrected chi connectivity index (χ0v) is 17.2. The topological polar surface area (TPSA) is 36.5 Å². The molecule has 1 saturated heterocycles. The number of hydrogen-bond acceptors (Lipinski definition) is 3. The first-order valence-corrected chi connectivity index (χ1v) is 9.97. The van der Waals surface area contributed by atoms with E-state index < -0.39 is 0 Å². The van der Waals surface area contributed by atoms with Crippen molar-refractivity contribution >= 4 is 23.0 Å². The number of benzene rings is 2. The molecule has 0 bridgehead atoms. The Labute approximate surface area is 167 Å². The van der Waals surface area contributed by atoms with Gasteiger partial charge in [0.25, 0.3) is 0 Å². The van der Waals surface area contributed by atoms with Gasteiger partial charge >= 0.3 is 0 Å². The molecule has 0 saturated carbocycles. The van der Waals surface area contributed by atoms with Crippen molar-refractivity contribution in [2.75, 3.05) is 32.1 Å². The number of thiocarbonyl (C=S) groups is 1. The van der Waals surface area contributed by atoms with E-state index in [1.165, 1.54) is 29.5 Å². The third-order valence-electron chi connectivity index (χ3n) is 5.02. The summed E-state index contributed by atoms with van der Waals surface area (Å²) < 4.78 is 5.30. The number of rotatable bonds is 6. The lowest BCUT2D eigenvalue weighted by molar-refractivity contribution is 0.246. The van der Waals surface area contributed by atoms with Crippen LogP contribution in [0.4, 0.5) is 5.69 Å². The first-order valence-electron chi connectivity index (χ1n) is 9.56. The van der Waals surface area contributed by atoms with E-state index in [-0.39, 0.29) is 0 Å². The van der Waals surface area contributed by atoms with Crippen molar-refractivity contribution in [1.29, 1.82) is 0 Å². The molecule has 0 amide bonds. The molecule has 4 nitrogen and oxygen atoms in total. The molecule has 0 aliphatic carbocycles. The molecule has 1 fully saturated rings. The monoisotopic (exact) mass is 383 g/mol. The van der Waals surface area contributed by atoms with Crippen LogP contribution in [0.2, 0.25) is 0 Å². The molecule has 1 heterocycles. The van der Waals surface area contributed by atoms with Gasteiger partial charge in [-0.3, -0.25) is 4.90 Å². The van der Waals surface area contributed by atoms with Crippen molar-refractivity contribution in [3.05, 3.63) is 59.2 Å². The third kappa shape index (κ3) is 5.44. The average Bonchev–Trinajstić information content (AvgIpc) is 3.16. The van der Waals surface area contributed by atoms with Crippen molar-refractivity contribution in [2.45, 2.75) is 32.7 Å². The minimum Gasteiger partial charge on any atom is -0.497 e. The molecule has 2 aromatic rings. The number of likely N-dealkylation sites (tertiary alicyclic amines) is 1. The van der Waals surface area contributed by atoms with Gasteiger partial charge in [-0.25, -0.2) is 0 Å². The molecule has 0 unspecified atom stereocenters. The van der Waals surface area contributed by atoms with Crippen LogP contribution in [0.1, 0.15) is 35.6 Å². The van der Waals surface area contributed by atoms with Gasteiger partial charge in [-0.15, -0.1) is 0 Å². The molecule has 5 heteroatoms. The molecule has 27 heavy (non-hydrogen) atoms. The highest BCUT2D eigenvalue weighted by Crippen LogP contribution is 2.26. The molecule has 144 valence electrons. The van der Waals surface area contributed by atoms with Crippen molar-refractivity contribution in [2.24, 2.45) is 0 Å². The molecular formula is C22H29N3OS. The van der Waals surface area contributed by atoms with E-state index in [9.17, 15) is 0 Å². The Kier molecular flexibility index (Phi) is 6.69. The lowest BCUT2D eigenvalue weighted by Crippen LogP contribution is -2.38. The van der Waals surface area contributed by atoms with Crippen molar-refractivity contribution in [1.82, 2.24) is 10.2 Å². The van der Waals surface area contributed by atoms with Gasteiger partial charge in [-0.05, 0) is 93.0 Å². The van der Waals surface area contributed by atoms with E-state index in [0.29, 0.717) is 11.2 Å². The molecule has 2 aromatic carbocycles. The number of nitrogens with one attached hydrogen (secondary N) is 2. The van der Waals surface area contributed by atoms with E-state index >= 15 is 0 Å². The van der Waals surface area contributed by atoms with Gasteiger partial charge in [0.15, 0.2) is 5.11 Å². The second kappa shape index (κ2) is 9.20. The lowest BCUT2D eigenvalue weighted by Gasteiger charge is -2.29. The van der Waals surface area contributed by atoms with Crippen LogP contribution in [0, 0.1) is 13.8 Å². The summed E-state index contributed by atoms with van der Waals surface area (Å²) in [5, 5.41) is 7.41. The zero-order valence-electron chi connectivity index (χ0n) is 16.4. The molecule has 0 aromatic heterocycles. The summed E-state index contributed by atoms with van der Waals surface area (Å²) in [6.45, 7) is 7.25. The summed E-state index contributed by atoms with van der Waals surface area (Å²) >= 11 is 5.54. The molecular weight excluding hydrogens is 354 g/mol. The van der Waals surface area contributed by atoms with Gasteiger partial charge in [0, 0.05) is 12.2 Å². The first-order chi connectivity index (χ1) is 13.0. The molecule has 1 aliphatic heterocycles. The SMILES string of the molecule is COc1ccc([C@@H](CNC(=S)Nc2cc(C)cc(C)c2)N2CCCC2)cc1. The predicted molar refractivity (Wildman–Crippen MR) is 117 cm³/mol. The van der Waals surface area contributed by atoms with Crippen LogP contribution in [-0.2, 0) is 0 Å². The van der Waals surface area contributed by atoms with Crippen LogP contribution in [0.3, 0.4) is 0 Å². The Balaban J connectivity index is 1.65. The van der Waals surface area contributed by atoms with Gasteiger partial charge in [0.05, 0.1) is 13.2 Å². The van der Waals surface area contributed by atoms with E-state index in [4.69, 9.17) is 17.0 Å². The second-order valence-corrected chi connectivity index (χ2v) is 7.65. The highest BCUT2D eigenvalue weighted by molar-refractivity contribution is 7.80. The second-order valence-electron chi connectivity index (χ2n) is 7.24. The van der Waals surface area contributed by atoms with Crippen LogP contribution in [0.5, 0.6) is 5.75 Å². The minimum atomic E-state index is 0.303. The van der Waals surface area contributed by atoms with Crippen molar-refractivity contribution < 1.29 is 4.74 Å². The quantitative estimate of drug-likeness (QED) is 0.722. The summed E-state index contributed by atoms with van der Waals surface area (Å²) in [6.07, 6.45) is 2.52. The number of hydrogen-bond donors (Lipinski definition) is 2. The highest BCUT2D eigenvalue weighted by atomic mass is 32.1. The fourth-order valence-electron chi connectivity index (χ4n) is 3.75. The Morgan fingerprint density at radius 2 is 1.70 bits per heavy atom. The summed E-state index contributed by atoms with van der Waals surface area (Å²) in [5.41, 5.74) is 4.79. The molecule has 1 aliphatic rings. The van der Waals surface area contributed by atoms with Crippen LogP contribution in [-0.4, -0.2) is 36.8 Å². The van der Waals surface area contributed by atoms with Gasteiger partial charge in [-0.1, -0.05) is 18.2 Å². The van der Waals surface area contributed by atoms with E-state index in [0.717, 1.165) is 31.1 Å². The molecule has 1 atom stereocenters. The lowest BCUT2D eigenvalue weighted by atomic mass is 10.1. The van der Waals surface area contributed by atoms with Gasteiger partial charge in [-0.2, -0.15) is 0 Å². The number of methoxy groups -OCH3 is 1. The van der Waals surface area contributed by atoms with Crippen molar-refractivity contribution in [3.8, 4) is 5.75 Å². The summed E-state index contributed by atoms with van der Waals surface area (Å²) in [7, 11) is 1.70. The highest BCUT2D eigenvalue weighted by Gasteiger charge is 2.23. The smallest absolute Gasteiger partial charge is 0.170 e. The Morgan fingerprint density at radius 1 is 1.07 bits per heavy atom. The average molecular weight is 384 g/mol. The minimum absolute atomic E-state index is 0.303. The summed E-state index contributed by atoms with van der Waals surface area (Å²) in [4.78, 5) is 2.54. The predicted octanol–water partition coefficient (Wildman–Crippen LogP) is 4.44. The van der Waals surface area contributed by atoms with Crippen LogP contribution in [0.25, 0.3) is 0 Å². The third-order valence-corrected chi connectivity index (χ3v) is 5.26.